The van der Waals surface area contributed by atoms with Crippen molar-refractivity contribution in [1.82, 2.24) is 4.90 Å². The highest BCUT2D eigenvalue weighted by molar-refractivity contribution is 9.10. The van der Waals surface area contributed by atoms with Gasteiger partial charge in [-0.1, -0.05) is 15.9 Å². The van der Waals surface area contributed by atoms with E-state index >= 15 is 0 Å². The summed E-state index contributed by atoms with van der Waals surface area (Å²) < 4.78 is 14.2. The van der Waals surface area contributed by atoms with E-state index in [-0.39, 0.29) is 24.2 Å². The van der Waals surface area contributed by atoms with Gasteiger partial charge >= 0.3 is 6.03 Å². The number of nitrogens with zero attached hydrogens (tertiary/aromatic N) is 1. The van der Waals surface area contributed by atoms with E-state index in [2.05, 4.69) is 21.2 Å². The molecule has 0 atom stereocenters. The zero-order chi connectivity index (χ0) is 13.8. The van der Waals surface area contributed by atoms with Crippen LogP contribution in [0.2, 0.25) is 0 Å². The Kier molecular flexibility index (Phi) is 4.76. The number of aliphatic hydroxyl groups excluding tert-OH is 1. The molecular weight excluding hydrogens is 315 g/mol. The Bertz CT molecular complexity index is 462. The number of likely N-dealkylation sites (tertiary alicyclic amines) is 1. The van der Waals surface area contributed by atoms with E-state index in [1.165, 1.54) is 12.1 Å². The molecule has 1 fully saturated rings. The Morgan fingerprint density at radius 2 is 2.16 bits per heavy atom. The number of rotatable bonds is 2. The Hall–Kier alpha value is -1.14. The van der Waals surface area contributed by atoms with E-state index in [9.17, 15) is 9.18 Å². The van der Waals surface area contributed by atoms with Crippen molar-refractivity contribution >= 4 is 27.6 Å². The van der Waals surface area contributed by atoms with Crippen molar-refractivity contribution in [1.29, 1.82) is 0 Å². The van der Waals surface area contributed by atoms with Gasteiger partial charge in [-0.3, -0.25) is 0 Å². The molecule has 0 saturated carbocycles. The van der Waals surface area contributed by atoms with Crippen molar-refractivity contribution in [2.75, 3.05) is 25.0 Å². The van der Waals surface area contributed by atoms with Crippen LogP contribution in [-0.2, 0) is 0 Å². The summed E-state index contributed by atoms with van der Waals surface area (Å²) >= 11 is 3.17. The van der Waals surface area contributed by atoms with Crippen molar-refractivity contribution in [3.8, 4) is 0 Å². The van der Waals surface area contributed by atoms with E-state index in [0.717, 1.165) is 12.8 Å². The average molecular weight is 331 g/mol. The second-order valence-electron chi connectivity index (χ2n) is 4.67. The minimum atomic E-state index is -0.465. The van der Waals surface area contributed by atoms with Gasteiger partial charge in [0.15, 0.2) is 0 Å². The molecule has 0 radical (unpaired) electrons. The minimum absolute atomic E-state index is 0.163. The number of carbonyl (C=O) groups excluding carboxylic acids is 1. The molecule has 1 aromatic carbocycles. The fraction of sp³-hybridized carbons (Fsp3) is 0.462. The normalized spacial score (nSPS) is 16.5. The van der Waals surface area contributed by atoms with Gasteiger partial charge in [-0.15, -0.1) is 0 Å². The molecule has 2 amide bonds. The van der Waals surface area contributed by atoms with Crippen LogP contribution in [-0.4, -0.2) is 35.7 Å². The third-order valence-corrected chi connectivity index (χ3v) is 3.83. The molecule has 104 valence electrons. The second kappa shape index (κ2) is 6.34. The molecule has 0 aromatic heterocycles. The Balaban J connectivity index is 1.94. The first-order valence-electron chi connectivity index (χ1n) is 6.22. The van der Waals surface area contributed by atoms with Crippen LogP contribution in [0.5, 0.6) is 0 Å². The smallest absolute Gasteiger partial charge is 0.321 e. The third kappa shape index (κ3) is 3.67. The largest absolute Gasteiger partial charge is 0.396 e. The van der Waals surface area contributed by atoms with Crippen molar-refractivity contribution < 1.29 is 14.3 Å². The van der Waals surface area contributed by atoms with E-state index < -0.39 is 5.82 Å². The maximum Gasteiger partial charge on any atom is 0.321 e. The van der Waals surface area contributed by atoms with Crippen LogP contribution in [0.1, 0.15) is 12.8 Å². The molecule has 4 nitrogen and oxygen atoms in total. The summed E-state index contributed by atoms with van der Waals surface area (Å²) in [6.45, 7) is 1.35. The lowest BCUT2D eigenvalue weighted by Crippen LogP contribution is -2.41. The summed E-state index contributed by atoms with van der Waals surface area (Å²) in [5.41, 5.74) is 0.178. The number of urea groups is 1. The summed E-state index contributed by atoms with van der Waals surface area (Å²) in [4.78, 5) is 13.6. The van der Waals surface area contributed by atoms with Gasteiger partial charge in [0.1, 0.15) is 5.82 Å². The van der Waals surface area contributed by atoms with Gasteiger partial charge in [-0.05, 0) is 37.0 Å². The number of aliphatic hydroxyl groups is 1. The zero-order valence-corrected chi connectivity index (χ0v) is 12.0. The van der Waals surface area contributed by atoms with Gasteiger partial charge in [0.05, 0.1) is 5.69 Å². The number of piperidine rings is 1. The van der Waals surface area contributed by atoms with Crippen LogP contribution in [0.25, 0.3) is 0 Å². The number of hydrogen-bond acceptors (Lipinski definition) is 2. The zero-order valence-electron chi connectivity index (χ0n) is 10.4. The van der Waals surface area contributed by atoms with E-state index in [4.69, 9.17) is 5.11 Å². The predicted molar refractivity (Wildman–Crippen MR) is 74.5 cm³/mol. The van der Waals surface area contributed by atoms with Gasteiger partial charge in [-0.2, -0.15) is 0 Å². The maximum absolute atomic E-state index is 13.6. The van der Waals surface area contributed by atoms with Crippen molar-refractivity contribution in [2.45, 2.75) is 12.8 Å². The fourth-order valence-electron chi connectivity index (χ4n) is 2.10. The quantitative estimate of drug-likeness (QED) is 0.876. The van der Waals surface area contributed by atoms with E-state index in [1.807, 2.05) is 0 Å². The van der Waals surface area contributed by atoms with Crippen LogP contribution in [0.15, 0.2) is 22.7 Å². The first kappa shape index (κ1) is 14.3. The summed E-state index contributed by atoms with van der Waals surface area (Å²) in [6.07, 6.45) is 1.57. The molecular formula is C13H16BrFN2O2. The predicted octanol–water partition coefficient (Wildman–Crippen LogP) is 2.82. The molecule has 1 aliphatic heterocycles. The summed E-state index contributed by atoms with van der Waals surface area (Å²) in [6, 6.07) is 4.22. The molecule has 0 unspecified atom stereocenters. The number of amides is 2. The monoisotopic (exact) mass is 330 g/mol. The Morgan fingerprint density at radius 3 is 2.74 bits per heavy atom. The van der Waals surface area contributed by atoms with Gasteiger partial charge in [-0.25, -0.2) is 9.18 Å². The lowest BCUT2D eigenvalue weighted by molar-refractivity contribution is 0.143. The molecule has 0 spiro atoms. The molecule has 1 heterocycles. The topological polar surface area (TPSA) is 52.6 Å². The number of nitrogens with one attached hydrogen (secondary N) is 1. The molecule has 1 saturated heterocycles. The van der Waals surface area contributed by atoms with Crippen molar-refractivity contribution in [3.05, 3.63) is 28.5 Å². The van der Waals surface area contributed by atoms with Crippen LogP contribution < -0.4 is 5.32 Å². The number of anilines is 1. The van der Waals surface area contributed by atoms with Gasteiger partial charge in [0, 0.05) is 24.2 Å². The van der Waals surface area contributed by atoms with Gasteiger partial charge in [0.25, 0.3) is 0 Å². The third-order valence-electron chi connectivity index (χ3n) is 3.33. The Labute approximate surface area is 119 Å². The lowest BCUT2D eigenvalue weighted by atomic mass is 9.98. The molecule has 6 heteroatoms. The average Bonchev–Trinajstić information content (AvgIpc) is 2.42. The highest BCUT2D eigenvalue weighted by atomic mass is 79.9. The summed E-state index contributed by atoms with van der Waals surface area (Å²) in [5.74, 6) is -0.193. The van der Waals surface area contributed by atoms with Crippen molar-refractivity contribution in [2.24, 2.45) is 5.92 Å². The molecule has 1 aliphatic rings. The minimum Gasteiger partial charge on any atom is -0.396 e. The molecule has 2 N–H and O–H groups in total. The van der Waals surface area contributed by atoms with Crippen molar-refractivity contribution in [3.63, 3.8) is 0 Å². The fourth-order valence-corrected chi connectivity index (χ4v) is 2.44. The first-order valence-corrected chi connectivity index (χ1v) is 7.01. The first-order chi connectivity index (χ1) is 9.10. The maximum atomic E-state index is 13.6. The number of hydrogen-bond donors (Lipinski definition) is 2. The summed E-state index contributed by atoms with van der Waals surface area (Å²) in [5, 5.41) is 11.6. The molecule has 2 rings (SSSR count). The Morgan fingerprint density at radius 1 is 1.47 bits per heavy atom. The van der Waals surface area contributed by atoms with Gasteiger partial charge in [0.2, 0.25) is 0 Å². The number of carbonyl (C=O) groups is 1. The second-order valence-corrected chi connectivity index (χ2v) is 5.58. The van der Waals surface area contributed by atoms with Crippen LogP contribution in [0.4, 0.5) is 14.9 Å². The highest BCUT2D eigenvalue weighted by Gasteiger charge is 2.22. The standard InChI is InChI=1S/C13H16BrFN2O2/c14-10-1-2-12(11(15)7-10)16-13(19)17-5-3-9(8-18)4-6-17/h1-2,7,9,18H,3-6,8H2,(H,16,19). The number of benzene rings is 1. The lowest BCUT2D eigenvalue weighted by Gasteiger charge is -2.31. The molecule has 0 aliphatic carbocycles. The molecule has 1 aromatic rings. The van der Waals surface area contributed by atoms with Crippen LogP contribution in [0.3, 0.4) is 0 Å². The SMILES string of the molecule is O=C(Nc1ccc(Br)cc1F)N1CCC(CO)CC1. The molecule has 0 bridgehead atoms. The van der Waals surface area contributed by atoms with E-state index in [0.29, 0.717) is 17.6 Å². The van der Waals surface area contributed by atoms with Crippen LogP contribution >= 0.6 is 15.9 Å². The van der Waals surface area contributed by atoms with Crippen LogP contribution in [0, 0.1) is 11.7 Å². The highest BCUT2D eigenvalue weighted by Crippen LogP contribution is 2.21. The number of halogens is 2. The van der Waals surface area contributed by atoms with Gasteiger partial charge < -0.3 is 15.3 Å². The molecule has 19 heavy (non-hydrogen) atoms. The summed E-state index contributed by atoms with van der Waals surface area (Å²) in [7, 11) is 0. The van der Waals surface area contributed by atoms with E-state index in [1.54, 1.807) is 11.0 Å².